The van der Waals surface area contributed by atoms with Crippen molar-refractivity contribution in [3.05, 3.63) is 0 Å². The van der Waals surface area contributed by atoms with Crippen LogP contribution in [0.15, 0.2) is 0 Å². The molecule has 18 heteroatoms. The van der Waals surface area contributed by atoms with Gasteiger partial charge in [-0.3, -0.25) is 9.68 Å². The molecule has 1 unspecified atom stereocenters. The number of hydrogen-bond acceptors (Lipinski definition) is 5. The molecule has 0 bridgehead atoms. The molecule has 0 rings (SSSR count). The average molecular weight is 408 g/mol. The lowest BCUT2D eigenvalue weighted by atomic mass is 10.4. The lowest BCUT2D eigenvalue weighted by Crippen LogP contribution is -2.53. The van der Waals surface area contributed by atoms with Crippen LogP contribution >= 0.6 is 0 Å². The Morgan fingerprint density at radius 1 is 0.760 bits per heavy atom. The van der Waals surface area contributed by atoms with Gasteiger partial charge in [0.25, 0.3) is 0 Å². The van der Waals surface area contributed by atoms with E-state index < -0.39 is 54.0 Å². The summed E-state index contributed by atoms with van der Waals surface area (Å²) in [6.07, 6.45) is -29.0. The van der Waals surface area contributed by atoms with Crippen LogP contribution in [0.5, 0.6) is 0 Å². The van der Waals surface area contributed by atoms with Crippen molar-refractivity contribution in [2.24, 2.45) is 0 Å². The third-order valence-corrected chi connectivity index (χ3v) is 1.78. The number of nitrogens with zero attached hydrogens (tertiary/aromatic N) is 2. The number of carboxylic acid groups (broad SMARTS) is 1. The second-order valence-corrected chi connectivity index (χ2v) is 3.69. The molecule has 1 atom stereocenters. The first-order valence-corrected chi connectivity index (χ1v) is 5.18. The van der Waals surface area contributed by atoms with E-state index in [1.165, 1.54) is 0 Å². The molecule has 0 radical (unpaired) electrons. The molecule has 6 nitrogen and oxygen atoms in total. The SMILES string of the molecule is O=C(O)C(CON(C(F)(F)F)C(F)(F)F)ON(C(F)(F)F)C(F)(F)F. The predicted molar refractivity (Wildman–Crippen MR) is 46.4 cm³/mol. The van der Waals surface area contributed by atoms with Crippen molar-refractivity contribution in [1.82, 2.24) is 10.1 Å². The first-order valence-electron chi connectivity index (χ1n) is 5.18. The molecule has 0 aliphatic carbocycles. The van der Waals surface area contributed by atoms with Crippen molar-refractivity contribution in [2.45, 2.75) is 31.3 Å². The van der Waals surface area contributed by atoms with Crippen LogP contribution in [0.1, 0.15) is 0 Å². The predicted octanol–water partition coefficient (Wildman–Crippen LogP) is 2.99. The van der Waals surface area contributed by atoms with E-state index in [-0.39, 0.29) is 0 Å². The molecule has 0 amide bonds. The summed E-state index contributed by atoms with van der Waals surface area (Å²) in [7, 11) is 0. The third kappa shape index (κ3) is 7.48. The van der Waals surface area contributed by atoms with E-state index in [0.29, 0.717) is 0 Å². The maximum atomic E-state index is 12.1. The van der Waals surface area contributed by atoms with Crippen LogP contribution in [0.25, 0.3) is 0 Å². The average Bonchev–Trinajstić information content (AvgIpc) is 2.25. The van der Waals surface area contributed by atoms with Gasteiger partial charge in [0.05, 0.1) is 0 Å². The van der Waals surface area contributed by atoms with Gasteiger partial charge in [-0.1, -0.05) is 0 Å². The Labute approximate surface area is 128 Å². The summed E-state index contributed by atoms with van der Waals surface area (Å²) < 4.78 is 145. The summed E-state index contributed by atoms with van der Waals surface area (Å²) >= 11 is 0. The number of carboxylic acids is 1. The van der Waals surface area contributed by atoms with Gasteiger partial charge in [-0.25, -0.2) is 4.79 Å². The second kappa shape index (κ2) is 7.38. The molecular formula is C7H4F12N2O4. The number of rotatable bonds is 6. The highest BCUT2D eigenvalue weighted by atomic mass is 19.4. The van der Waals surface area contributed by atoms with Crippen LogP contribution in [0, 0.1) is 0 Å². The number of halogens is 12. The standard InChI is InChI=1S/C7H4F12N2O4/c8-4(9,10)20(5(11,12)13)24-1-2(3(22)23)25-21(6(14,15)16)7(17,18)19/h2H,1H2,(H,22,23). The zero-order valence-corrected chi connectivity index (χ0v) is 10.9. The summed E-state index contributed by atoms with van der Waals surface area (Å²) in [6, 6.07) is 0. The van der Waals surface area contributed by atoms with Crippen LogP contribution in [-0.2, 0) is 14.5 Å². The summed E-state index contributed by atoms with van der Waals surface area (Å²) in [4.78, 5) is 16.3. The van der Waals surface area contributed by atoms with E-state index >= 15 is 0 Å². The fraction of sp³-hybridized carbons (Fsp3) is 0.857. The largest absolute Gasteiger partial charge is 0.490 e. The maximum absolute atomic E-state index is 12.1. The molecular weight excluding hydrogens is 404 g/mol. The molecule has 0 saturated heterocycles. The fourth-order valence-corrected chi connectivity index (χ4v) is 0.970. The molecule has 0 heterocycles. The lowest BCUT2D eigenvalue weighted by Gasteiger charge is -2.30. The van der Waals surface area contributed by atoms with Crippen LogP contribution in [-0.4, -0.2) is 59.1 Å². The Hall–Kier alpha value is -1.53. The zero-order chi connectivity index (χ0) is 20.4. The highest BCUT2D eigenvalue weighted by Gasteiger charge is 2.59. The van der Waals surface area contributed by atoms with Crippen molar-refractivity contribution in [3.63, 3.8) is 0 Å². The van der Waals surface area contributed by atoms with Gasteiger partial charge >= 0.3 is 31.2 Å². The third-order valence-electron chi connectivity index (χ3n) is 1.78. The molecule has 0 aromatic carbocycles. The van der Waals surface area contributed by atoms with Crippen LogP contribution < -0.4 is 0 Å². The van der Waals surface area contributed by atoms with Crippen molar-refractivity contribution in [2.75, 3.05) is 6.61 Å². The minimum Gasteiger partial charge on any atom is -0.479 e. The summed E-state index contributed by atoms with van der Waals surface area (Å²) in [5.41, 5.74) is 0. The van der Waals surface area contributed by atoms with Gasteiger partial charge in [-0.05, 0) is 0 Å². The summed E-state index contributed by atoms with van der Waals surface area (Å²) in [5.74, 6) is -2.78. The highest BCUT2D eigenvalue weighted by Crippen LogP contribution is 2.36. The number of carbonyl (C=O) groups is 1. The van der Waals surface area contributed by atoms with Crippen molar-refractivity contribution >= 4 is 5.97 Å². The van der Waals surface area contributed by atoms with Crippen molar-refractivity contribution < 1.29 is 72.3 Å². The Morgan fingerprint density at radius 2 is 1.08 bits per heavy atom. The van der Waals surface area contributed by atoms with Crippen LogP contribution in [0.3, 0.4) is 0 Å². The molecule has 0 aromatic rings. The quantitative estimate of drug-likeness (QED) is 0.415. The highest BCUT2D eigenvalue weighted by molar-refractivity contribution is 5.72. The van der Waals surface area contributed by atoms with Crippen LogP contribution in [0.2, 0.25) is 0 Å². The number of aliphatic carboxylic acids is 1. The zero-order valence-electron chi connectivity index (χ0n) is 10.9. The normalized spacial score (nSPS) is 15.8. The Bertz CT molecular complexity index is 426. The van der Waals surface area contributed by atoms with Crippen molar-refractivity contribution in [3.8, 4) is 0 Å². The molecule has 0 aliphatic rings. The molecule has 0 aliphatic heterocycles. The molecule has 0 aromatic heterocycles. The molecule has 0 saturated carbocycles. The van der Waals surface area contributed by atoms with Gasteiger partial charge < -0.3 is 5.11 Å². The minimum absolute atomic E-state index is 2.50. The Balaban J connectivity index is 5.36. The van der Waals surface area contributed by atoms with E-state index in [0.717, 1.165) is 0 Å². The molecule has 150 valence electrons. The molecule has 1 N–H and O–H groups in total. The van der Waals surface area contributed by atoms with E-state index in [4.69, 9.17) is 5.11 Å². The first kappa shape index (κ1) is 23.5. The molecule has 25 heavy (non-hydrogen) atoms. The van der Waals surface area contributed by atoms with Gasteiger partial charge in [0.2, 0.25) is 6.10 Å². The van der Waals surface area contributed by atoms with Gasteiger partial charge in [-0.2, -0.15) is 52.7 Å². The summed E-state index contributed by atoms with van der Waals surface area (Å²) in [6.45, 7) is -2.50. The maximum Gasteiger partial charge on any atom is 0.490 e. The smallest absolute Gasteiger partial charge is 0.479 e. The van der Waals surface area contributed by atoms with Crippen LogP contribution in [0.4, 0.5) is 52.7 Å². The fourth-order valence-electron chi connectivity index (χ4n) is 0.970. The van der Waals surface area contributed by atoms with Gasteiger partial charge in [0.15, 0.2) is 0 Å². The van der Waals surface area contributed by atoms with Gasteiger partial charge in [0.1, 0.15) is 6.61 Å². The first-order chi connectivity index (χ1) is 10.8. The second-order valence-electron chi connectivity index (χ2n) is 3.69. The lowest BCUT2D eigenvalue weighted by molar-refractivity contribution is -0.505. The molecule has 0 spiro atoms. The van der Waals surface area contributed by atoms with Crippen molar-refractivity contribution in [1.29, 1.82) is 0 Å². The number of hydroxylamine groups is 4. The van der Waals surface area contributed by atoms with Gasteiger partial charge in [0, 0.05) is 10.1 Å². The topological polar surface area (TPSA) is 62.2 Å². The Morgan fingerprint density at radius 3 is 1.32 bits per heavy atom. The van der Waals surface area contributed by atoms with E-state index in [1.54, 1.807) is 0 Å². The number of alkyl halides is 12. The van der Waals surface area contributed by atoms with E-state index in [9.17, 15) is 57.5 Å². The monoisotopic (exact) mass is 408 g/mol. The minimum atomic E-state index is -6.42. The molecule has 0 fully saturated rings. The van der Waals surface area contributed by atoms with E-state index in [1.807, 2.05) is 0 Å². The Kier molecular flexibility index (Phi) is 6.93. The summed E-state index contributed by atoms with van der Waals surface area (Å²) in [5, 5.41) is 2.77. The van der Waals surface area contributed by atoms with E-state index in [2.05, 4.69) is 9.68 Å². The van der Waals surface area contributed by atoms with Gasteiger partial charge in [-0.15, -0.1) is 0 Å². The number of hydrogen-bond donors (Lipinski definition) is 1.